The zero-order valence-electron chi connectivity index (χ0n) is 18.6. The van der Waals surface area contributed by atoms with Gasteiger partial charge in [-0.15, -0.1) is 0 Å². The molecule has 0 aliphatic carbocycles. The predicted molar refractivity (Wildman–Crippen MR) is 128 cm³/mol. The molecule has 168 valence electrons. The van der Waals surface area contributed by atoms with Crippen LogP contribution in [0.2, 0.25) is 5.02 Å². The molecule has 2 aromatic carbocycles. The second-order valence-electron chi connectivity index (χ2n) is 8.12. The van der Waals surface area contributed by atoms with Crippen molar-refractivity contribution in [3.05, 3.63) is 63.1 Å². The highest BCUT2D eigenvalue weighted by molar-refractivity contribution is 9.10. The van der Waals surface area contributed by atoms with E-state index in [9.17, 15) is 9.59 Å². The van der Waals surface area contributed by atoms with Crippen LogP contribution in [0.1, 0.15) is 51.7 Å². The van der Waals surface area contributed by atoms with E-state index in [0.717, 1.165) is 10.0 Å². The number of amides is 2. The number of halogens is 2. The van der Waals surface area contributed by atoms with Crippen LogP contribution in [0.25, 0.3) is 0 Å². The number of nitrogens with zero attached hydrogens (tertiary/aromatic N) is 1. The van der Waals surface area contributed by atoms with Gasteiger partial charge in [0.1, 0.15) is 11.8 Å². The zero-order chi connectivity index (χ0) is 23.1. The van der Waals surface area contributed by atoms with E-state index in [-0.39, 0.29) is 31.0 Å². The lowest BCUT2D eigenvalue weighted by Gasteiger charge is -2.29. The minimum Gasteiger partial charge on any atom is -0.483 e. The highest BCUT2D eigenvalue weighted by atomic mass is 79.9. The monoisotopic (exact) mass is 508 g/mol. The molecule has 0 saturated carbocycles. The molecule has 7 heteroatoms. The van der Waals surface area contributed by atoms with Crippen LogP contribution >= 0.6 is 27.5 Å². The molecule has 0 bridgehead atoms. The SMILES string of the molecule is CC(C)NC(=O)[C@H](C)N(Cc1ccc(Cl)cc1)C(=O)COc1ccc(C(C)C)cc1Br. The number of hydrogen-bond donors (Lipinski definition) is 1. The van der Waals surface area contributed by atoms with Gasteiger partial charge in [0, 0.05) is 17.6 Å². The van der Waals surface area contributed by atoms with Crippen molar-refractivity contribution in [3.8, 4) is 5.75 Å². The molecule has 1 atom stereocenters. The van der Waals surface area contributed by atoms with E-state index in [0.29, 0.717) is 16.7 Å². The maximum atomic E-state index is 13.1. The summed E-state index contributed by atoms with van der Waals surface area (Å²) in [5.74, 6) is 0.492. The van der Waals surface area contributed by atoms with E-state index in [1.54, 1.807) is 19.1 Å². The number of carbonyl (C=O) groups is 2. The maximum absolute atomic E-state index is 13.1. The highest BCUT2D eigenvalue weighted by Crippen LogP contribution is 2.29. The number of ether oxygens (including phenoxy) is 1. The Bertz CT molecular complexity index is 900. The molecule has 0 heterocycles. The molecule has 0 radical (unpaired) electrons. The van der Waals surface area contributed by atoms with Gasteiger partial charge >= 0.3 is 0 Å². The summed E-state index contributed by atoms with van der Waals surface area (Å²) in [6.45, 7) is 9.83. The van der Waals surface area contributed by atoms with Gasteiger partial charge in [-0.25, -0.2) is 0 Å². The fourth-order valence-corrected chi connectivity index (χ4v) is 3.63. The second kappa shape index (κ2) is 11.5. The van der Waals surface area contributed by atoms with Crippen LogP contribution in [-0.2, 0) is 16.1 Å². The molecular weight excluding hydrogens is 480 g/mol. The van der Waals surface area contributed by atoms with Crippen molar-refractivity contribution in [3.63, 3.8) is 0 Å². The summed E-state index contributed by atoms with van der Waals surface area (Å²) in [6.07, 6.45) is 0. The first kappa shape index (κ1) is 25.2. The Balaban J connectivity index is 2.16. The average molecular weight is 510 g/mol. The summed E-state index contributed by atoms with van der Waals surface area (Å²) in [5, 5.41) is 3.49. The Labute approximate surface area is 198 Å². The lowest BCUT2D eigenvalue weighted by atomic mass is 10.0. The lowest BCUT2D eigenvalue weighted by molar-refractivity contribution is -0.142. The van der Waals surface area contributed by atoms with E-state index < -0.39 is 6.04 Å². The fraction of sp³-hybridized carbons (Fsp3) is 0.417. The third-order valence-corrected chi connectivity index (χ3v) is 5.71. The smallest absolute Gasteiger partial charge is 0.261 e. The largest absolute Gasteiger partial charge is 0.483 e. The zero-order valence-corrected chi connectivity index (χ0v) is 21.0. The normalized spacial score (nSPS) is 12.0. The lowest BCUT2D eigenvalue weighted by Crippen LogP contribution is -2.50. The second-order valence-corrected chi connectivity index (χ2v) is 9.41. The molecule has 2 amide bonds. The maximum Gasteiger partial charge on any atom is 0.261 e. The summed E-state index contributed by atoms with van der Waals surface area (Å²) < 4.78 is 6.58. The number of nitrogens with one attached hydrogen (secondary N) is 1. The van der Waals surface area contributed by atoms with Crippen molar-refractivity contribution in [1.29, 1.82) is 0 Å². The molecule has 0 saturated heterocycles. The molecule has 5 nitrogen and oxygen atoms in total. The molecule has 31 heavy (non-hydrogen) atoms. The van der Waals surface area contributed by atoms with Crippen LogP contribution in [0.4, 0.5) is 0 Å². The van der Waals surface area contributed by atoms with Crippen LogP contribution in [0.15, 0.2) is 46.9 Å². The van der Waals surface area contributed by atoms with Crippen molar-refractivity contribution in [2.24, 2.45) is 0 Å². The van der Waals surface area contributed by atoms with Gasteiger partial charge in [0.2, 0.25) is 5.91 Å². The molecule has 0 aliphatic heterocycles. The third-order valence-electron chi connectivity index (χ3n) is 4.84. The Hall–Kier alpha value is -2.05. The number of carbonyl (C=O) groups excluding carboxylic acids is 2. The standard InChI is InChI=1S/C24H30BrClN2O3/c1-15(2)19-8-11-22(21(25)12-19)31-14-23(29)28(17(5)24(30)27-16(3)4)13-18-6-9-20(26)10-7-18/h6-12,15-17H,13-14H2,1-5H3,(H,27,30)/t17-/m0/s1. The molecule has 0 spiro atoms. The van der Waals surface area contributed by atoms with E-state index >= 15 is 0 Å². The molecule has 0 unspecified atom stereocenters. The van der Waals surface area contributed by atoms with Crippen LogP contribution < -0.4 is 10.1 Å². The quantitative estimate of drug-likeness (QED) is 0.482. The number of rotatable bonds is 9. The minimum absolute atomic E-state index is 0.0193. The Kier molecular flexibility index (Phi) is 9.38. The third kappa shape index (κ3) is 7.54. The molecule has 2 aromatic rings. The van der Waals surface area contributed by atoms with Gasteiger partial charge in [-0.05, 0) is 78.0 Å². The van der Waals surface area contributed by atoms with Gasteiger partial charge in [0.15, 0.2) is 6.61 Å². The van der Waals surface area contributed by atoms with Crippen molar-refractivity contribution in [1.82, 2.24) is 10.2 Å². The number of hydrogen-bond acceptors (Lipinski definition) is 3. The van der Waals surface area contributed by atoms with Crippen molar-refractivity contribution in [2.75, 3.05) is 6.61 Å². The van der Waals surface area contributed by atoms with Gasteiger partial charge < -0.3 is 15.0 Å². The van der Waals surface area contributed by atoms with Gasteiger partial charge in [-0.1, -0.05) is 43.6 Å². The average Bonchev–Trinajstić information content (AvgIpc) is 2.71. The summed E-state index contributed by atoms with van der Waals surface area (Å²) >= 11 is 9.49. The first-order chi connectivity index (χ1) is 14.6. The van der Waals surface area contributed by atoms with E-state index in [4.69, 9.17) is 16.3 Å². The van der Waals surface area contributed by atoms with Gasteiger partial charge in [-0.3, -0.25) is 9.59 Å². The molecule has 1 N–H and O–H groups in total. The fourth-order valence-electron chi connectivity index (χ4n) is 2.99. The summed E-state index contributed by atoms with van der Waals surface area (Å²) in [5.41, 5.74) is 2.05. The molecule has 0 aromatic heterocycles. The summed E-state index contributed by atoms with van der Waals surface area (Å²) in [4.78, 5) is 27.2. The predicted octanol–water partition coefficient (Wildman–Crippen LogP) is 5.55. The van der Waals surface area contributed by atoms with Crippen LogP contribution in [0.3, 0.4) is 0 Å². The Morgan fingerprint density at radius 1 is 1.06 bits per heavy atom. The molecule has 0 aliphatic rings. The topological polar surface area (TPSA) is 58.6 Å². The van der Waals surface area contributed by atoms with Crippen LogP contribution in [-0.4, -0.2) is 35.4 Å². The van der Waals surface area contributed by atoms with E-state index in [1.165, 1.54) is 10.5 Å². The number of benzene rings is 2. The summed E-state index contributed by atoms with van der Waals surface area (Å²) in [7, 11) is 0. The minimum atomic E-state index is -0.652. The van der Waals surface area contributed by atoms with Gasteiger partial charge in [0.25, 0.3) is 5.91 Å². The first-order valence-corrected chi connectivity index (χ1v) is 11.5. The first-order valence-electron chi connectivity index (χ1n) is 10.3. The van der Waals surface area contributed by atoms with Crippen LogP contribution in [0.5, 0.6) is 5.75 Å². The Morgan fingerprint density at radius 3 is 2.26 bits per heavy atom. The van der Waals surface area contributed by atoms with E-state index in [2.05, 4.69) is 35.1 Å². The van der Waals surface area contributed by atoms with Crippen LogP contribution in [0, 0.1) is 0 Å². The Morgan fingerprint density at radius 2 is 1.71 bits per heavy atom. The molecule has 2 rings (SSSR count). The molecule has 0 fully saturated rings. The van der Waals surface area contributed by atoms with Gasteiger partial charge in [-0.2, -0.15) is 0 Å². The highest BCUT2D eigenvalue weighted by Gasteiger charge is 2.27. The van der Waals surface area contributed by atoms with Crippen molar-refractivity contribution in [2.45, 2.75) is 59.2 Å². The molecular formula is C24H30BrClN2O3. The van der Waals surface area contributed by atoms with Crippen molar-refractivity contribution >= 4 is 39.3 Å². The summed E-state index contributed by atoms with van der Waals surface area (Å²) in [6, 6.07) is 12.4. The van der Waals surface area contributed by atoms with Crippen molar-refractivity contribution < 1.29 is 14.3 Å². The van der Waals surface area contributed by atoms with E-state index in [1.807, 2.05) is 44.2 Å². The van der Waals surface area contributed by atoms with Gasteiger partial charge in [0.05, 0.1) is 4.47 Å².